The lowest BCUT2D eigenvalue weighted by atomic mass is 10.2. The number of hydrogen-bond acceptors (Lipinski definition) is 3. The standard InChI is InChI=1S/C13H14F3N3O/c14-13(15,16)9-20-8-7-19-6-5-18-12(19)10-1-3-11(17)4-2-10/h1-6H,7-9,17H2. The summed E-state index contributed by atoms with van der Waals surface area (Å²) >= 11 is 0. The van der Waals surface area contributed by atoms with Crippen molar-refractivity contribution in [2.24, 2.45) is 0 Å². The number of hydrogen-bond donors (Lipinski definition) is 1. The lowest BCUT2D eigenvalue weighted by Gasteiger charge is -2.10. The van der Waals surface area contributed by atoms with Gasteiger partial charge in [-0.15, -0.1) is 0 Å². The van der Waals surface area contributed by atoms with E-state index in [2.05, 4.69) is 9.72 Å². The molecule has 7 heteroatoms. The second kappa shape index (κ2) is 5.96. The smallest absolute Gasteiger partial charge is 0.399 e. The van der Waals surface area contributed by atoms with E-state index in [0.717, 1.165) is 5.56 Å². The average molecular weight is 285 g/mol. The zero-order valence-corrected chi connectivity index (χ0v) is 10.6. The van der Waals surface area contributed by atoms with Gasteiger partial charge in [-0.05, 0) is 24.3 Å². The van der Waals surface area contributed by atoms with Crippen molar-refractivity contribution < 1.29 is 17.9 Å². The molecule has 4 nitrogen and oxygen atoms in total. The summed E-state index contributed by atoms with van der Waals surface area (Å²) in [6, 6.07) is 7.11. The summed E-state index contributed by atoms with van der Waals surface area (Å²) in [6.07, 6.45) is -1.01. The molecule has 1 aromatic heterocycles. The summed E-state index contributed by atoms with van der Waals surface area (Å²) in [5, 5.41) is 0. The zero-order valence-electron chi connectivity index (χ0n) is 10.6. The van der Waals surface area contributed by atoms with Gasteiger partial charge >= 0.3 is 6.18 Å². The van der Waals surface area contributed by atoms with Crippen LogP contribution in [0.15, 0.2) is 36.7 Å². The lowest BCUT2D eigenvalue weighted by molar-refractivity contribution is -0.174. The third kappa shape index (κ3) is 3.99. The molecule has 0 unspecified atom stereocenters. The van der Waals surface area contributed by atoms with E-state index in [9.17, 15) is 13.2 Å². The normalized spacial score (nSPS) is 11.8. The largest absolute Gasteiger partial charge is 0.411 e. The highest BCUT2D eigenvalue weighted by atomic mass is 19.4. The summed E-state index contributed by atoms with van der Waals surface area (Å²) in [5.41, 5.74) is 7.09. The van der Waals surface area contributed by atoms with Crippen LogP contribution in [0.4, 0.5) is 18.9 Å². The predicted molar refractivity (Wildman–Crippen MR) is 68.9 cm³/mol. The second-order valence-corrected chi connectivity index (χ2v) is 4.23. The molecule has 2 rings (SSSR count). The van der Waals surface area contributed by atoms with Gasteiger partial charge in [0.1, 0.15) is 12.4 Å². The topological polar surface area (TPSA) is 53.1 Å². The molecule has 0 aliphatic carbocycles. The van der Waals surface area contributed by atoms with E-state index in [1.54, 1.807) is 29.1 Å². The molecule has 108 valence electrons. The fourth-order valence-corrected chi connectivity index (χ4v) is 1.73. The van der Waals surface area contributed by atoms with E-state index in [0.29, 0.717) is 18.1 Å². The number of rotatable bonds is 5. The number of imidazole rings is 1. The molecule has 0 amide bonds. The minimum absolute atomic E-state index is 0.0299. The van der Waals surface area contributed by atoms with Gasteiger partial charge in [-0.3, -0.25) is 0 Å². The molecule has 0 radical (unpaired) electrons. The Balaban J connectivity index is 1.97. The minimum Gasteiger partial charge on any atom is -0.399 e. The Morgan fingerprint density at radius 3 is 2.55 bits per heavy atom. The number of nitrogen functional groups attached to an aromatic ring is 1. The van der Waals surface area contributed by atoms with Crippen molar-refractivity contribution in [3.05, 3.63) is 36.7 Å². The third-order valence-electron chi connectivity index (χ3n) is 2.63. The van der Waals surface area contributed by atoms with Crippen molar-refractivity contribution in [1.29, 1.82) is 0 Å². The van der Waals surface area contributed by atoms with Crippen molar-refractivity contribution in [1.82, 2.24) is 9.55 Å². The van der Waals surface area contributed by atoms with Gasteiger partial charge in [-0.25, -0.2) is 4.98 Å². The maximum Gasteiger partial charge on any atom is 0.411 e. The number of alkyl halides is 3. The van der Waals surface area contributed by atoms with Gasteiger partial charge in [0.05, 0.1) is 6.61 Å². The number of anilines is 1. The van der Waals surface area contributed by atoms with Crippen molar-refractivity contribution in [3.63, 3.8) is 0 Å². The molecule has 1 aromatic carbocycles. The van der Waals surface area contributed by atoms with Gasteiger partial charge in [0.15, 0.2) is 0 Å². The van der Waals surface area contributed by atoms with Crippen LogP contribution in [0.1, 0.15) is 0 Å². The fourth-order valence-electron chi connectivity index (χ4n) is 1.73. The average Bonchev–Trinajstić information content (AvgIpc) is 2.83. The molecule has 0 atom stereocenters. The molecular weight excluding hydrogens is 271 g/mol. The highest BCUT2D eigenvalue weighted by Crippen LogP contribution is 2.19. The lowest BCUT2D eigenvalue weighted by Crippen LogP contribution is -2.19. The van der Waals surface area contributed by atoms with E-state index in [1.807, 2.05) is 12.1 Å². The second-order valence-electron chi connectivity index (χ2n) is 4.23. The molecule has 0 spiro atoms. The minimum atomic E-state index is -4.30. The number of aromatic nitrogens is 2. The maximum absolute atomic E-state index is 11.9. The van der Waals surface area contributed by atoms with Gasteiger partial charge in [0.2, 0.25) is 0 Å². The molecule has 0 aliphatic heterocycles. The van der Waals surface area contributed by atoms with E-state index in [4.69, 9.17) is 5.73 Å². The van der Waals surface area contributed by atoms with Gasteiger partial charge in [-0.2, -0.15) is 13.2 Å². The Hall–Kier alpha value is -2.02. The van der Waals surface area contributed by atoms with Gasteiger partial charge in [-0.1, -0.05) is 0 Å². The third-order valence-corrected chi connectivity index (χ3v) is 2.63. The summed E-state index contributed by atoms with van der Waals surface area (Å²) in [7, 11) is 0. The van der Waals surface area contributed by atoms with Crippen LogP contribution < -0.4 is 5.73 Å². The van der Waals surface area contributed by atoms with Crippen LogP contribution in [-0.4, -0.2) is 28.9 Å². The van der Waals surface area contributed by atoms with Gasteiger partial charge in [0, 0.05) is 30.2 Å². The summed E-state index contributed by atoms with van der Waals surface area (Å²) in [6.45, 7) is -0.966. The van der Waals surface area contributed by atoms with Crippen LogP contribution in [0.25, 0.3) is 11.4 Å². The van der Waals surface area contributed by atoms with E-state index in [-0.39, 0.29) is 6.61 Å². The van der Waals surface area contributed by atoms with Crippen molar-refractivity contribution in [2.75, 3.05) is 18.9 Å². The number of nitrogens with two attached hydrogens (primary N) is 1. The Bertz CT molecular complexity index is 549. The Morgan fingerprint density at radius 2 is 1.90 bits per heavy atom. The first-order valence-corrected chi connectivity index (χ1v) is 5.97. The Kier molecular flexibility index (Phi) is 4.29. The Morgan fingerprint density at radius 1 is 1.20 bits per heavy atom. The van der Waals surface area contributed by atoms with Crippen molar-refractivity contribution in [2.45, 2.75) is 12.7 Å². The first kappa shape index (κ1) is 14.4. The van der Waals surface area contributed by atoms with Crippen LogP contribution in [0, 0.1) is 0 Å². The van der Waals surface area contributed by atoms with Crippen molar-refractivity contribution >= 4 is 5.69 Å². The SMILES string of the molecule is Nc1ccc(-c2nccn2CCOCC(F)(F)F)cc1. The fraction of sp³-hybridized carbons (Fsp3) is 0.308. The number of halogens is 3. The predicted octanol–water partition coefficient (Wildman–Crippen LogP) is 2.71. The number of ether oxygens (including phenoxy) is 1. The summed E-state index contributed by atoms with van der Waals surface area (Å²) in [5.74, 6) is 0.667. The number of nitrogens with zero attached hydrogens (tertiary/aromatic N) is 2. The van der Waals surface area contributed by atoms with Crippen LogP contribution >= 0.6 is 0 Å². The molecule has 2 N–H and O–H groups in total. The van der Waals surface area contributed by atoms with Crippen molar-refractivity contribution in [3.8, 4) is 11.4 Å². The highest BCUT2D eigenvalue weighted by molar-refractivity contribution is 5.59. The molecule has 2 aromatic rings. The van der Waals surface area contributed by atoms with E-state index in [1.165, 1.54) is 0 Å². The summed E-state index contributed by atoms with van der Waals surface area (Å²) in [4.78, 5) is 4.19. The first-order chi connectivity index (χ1) is 9.46. The highest BCUT2D eigenvalue weighted by Gasteiger charge is 2.27. The van der Waals surface area contributed by atoms with Crippen LogP contribution in [0.5, 0.6) is 0 Å². The van der Waals surface area contributed by atoms with Crippen LogP contribution in [-0.2, 0) is 11.3 Å². The molecular formula is C13H14F3N3O. The molecule has 0 aliphatic rings. The monoisotopic (exact) mass is 285 g/mol. The zero-order chi connectivity index (χ0) is 14.6. The molecule has 0 fully saturated rings. The van der Waals surface area contributed by atoms with E-state index >= 15 is 0 Å². The quantitative estimate of drug-likeness (QED) is 0.679. The first-order valence-electron chi connectivity index (χ1n) is 5.97. The van der Waals surface area contributed by atoms with Gasteiger partial charge in [0.25, 0.3) is 0 Å². The van der Waals surface area contributed by atoms with Crippen LogP contribution in [0.3, 0.4) is 0 Å². The number of benzene rings is 1. The molecule has 0 saturated carbocycles. The maximum atomic E-state index is 11.9. The molecule has 20 heavy (non-hydrogen) atoms. The summed E-state index contributed by atoms with van der Waals surface area (Å²) < 4.78 is 42.2. The van der Waals surface area contributed by atoms with E-state index < -0.39 is 12.8 Å². The molecule has 1 heterocycles. The molecule has 0 bridgehead atoms. The van der Waals surface area contributed by atoms with Gasteiger partial charge < -0.3 is 15.0 Å². The van der Waals surface area contributed by atoms with Crippen LogP contribution in [0.2, 0.25) is 0 Å². The molecule has 0 saturated heterocycles. The Labute approximate surface area is 114 Å².